The molecular formula is C9H19NO. The van der Waals surface area contributed by atoms with Gasteiger partial charge in [-0.05, 0) is 31.1 Å². The molecule has 2 N–H and O–H groups in total. The number of methoxy groups -OCH3 is 1. The normalized spacial score (nSPS) is 31.9. The molecule has 0 heterocycles. The predicted molar refractivity (Wildman–Crippen MR) is 46.4 cm³/mol. The molecule has 0 spiro atoms. The molecule has 0 saturated heterocycles. The summed E-state index contributed by atoms with van der Waals surface area (Å²) in [6.45, 7) is 3.13. The fourth-order valence-electron chi connectivity index (χ4n) is 1.62. The van der Waals surface area contributed by atoms with Crippen molar-refractivity contribution in [2.75, 3.05) is 13.7 Å². The molecule has 1 fully saturated rings. The van der Waals surface area contributed by atoms with Gasteiger partial charge >= 0.3 is 0 Å². The van der Waals surface area contributed by atoms with Gasteiger partial charge in [-0.2, -0.15) is 0 Å². The average molecular weight is 157 g/mol. The molecule has 11 heavy (non-hydrogen) atoms. The molecule has 0 amide bonds. The van der Waals surface area contributed by atoms with E-state index in [1.165, 1.54) is 6.42 Å². The first kappa shape index (κ1) is 9.01. The molecule has 1 aliphatic rings. The van der Waals surface area contributed by atoms with Crippen LogP contribution in [0.3, 0.4) is 0 Å². The molecule has 0 bridgehead atoms. The zero-order valence-electron chi connectivity index (χ0n) is 7.55. The number of hydrogen-bond donors (Lipinski definition) is 1. The molecule has 0 aromatic rings. The minimum absolute atomic E-state index is 0.431. The maximum Gasteiger partial charge on any atom is 0.0462 e. The summed E-state index contributed by atoms with van der Waals surface area (Å²) in [7, 11) is 1.74. The molecule has 1 aliphatic carbocycles. The Balaban J connectivity index is 1.98. The quantitative estimate of drug-likeness (QED) is 0.612. The van der Waals surface area contributed by atoms with Crippen molar-refractivity contribution < 1.29 is 4.74 Å². The molecule has 3 atom stereocenters. The van der Waals surface area contributed by atoms with Crippen molar-refractivity contribution in [2.45, 2.75) is 32.2 Å². The smallest absolute Gasteiger partial charge is 0.0462 e. The van der Waals surface area contributed by atoms with E-state index in [-0.39, 0.29) is 0 Å². The van der Waals surface area contributed by atoms with Crippen LogP contribution in [0.2, 0.25) is 0 Å². The van der Waals surface area contributed by atoms with Crippen molar-refractivity contribution in [3.8, 4) is 0 Å². The number of ether oxygens (including phenoxy) is 1. The Kier molecular flexibility index (Phi) is 3.34. The van der Waals surface area contributed by atoms with Crippen LogP contribution in [0.4, 0.5) is 0 Å². The zero-order valence-corrected chi connectivity index (χ0v) is 7.55. The number of rotatable bonds is 5. The van der Waals surface area contributed by atoms with Gasteiger partial charge in [0.25, 0.3) is 0 Å². The van der Waals surface area contributed by atoms with Gasteiger partial charge in [-0.1, -0.05) is 6.92 Å². The number of nitrogens with two attached hydrogens (primary N) is 1. The monoisotopic (exact) mass is 157 g/mol. The fourth-order valence-corrected chi connectivity index (χ4v) is 1.62. The van der Waals surface area contributed by atoms with Crippen LogP contribution in [-0.4, -0.2) is 19.8 Å². The second-order valence-corrected chi connectivity index (χ2v) is 3.68. The predicted octanol–water partition coefficient (Wildman–Crippen LogP) is 1.40. The largest absolute Gasteiger partial charge is 0.385 e. The summed E-state index contributed by atoms with van der Waals surface area (Å²) >= 11 is 0. The first-order valence-electron chi connectivity index (χ1n) is 4.50. The van der Waals surface area contributed by atoms with E-state index in [1.54, 1.807) is 7.11 Å². The highest BCUT2D eigenvalue weighted by molar-refractivity contribution is 4.90. The Labute approximate surface area is 69.1 Å². The van der Waals surface area contributed by atoms with Crippen LogP contribution in [0.5, 0.6) is 0 Å². The van der Waals surface area contributed by atoms with Gasteiger partial charge in [-0.25, -0.2) is 0 Å². The van der Waals surface area contributed by atoms with Crippen LogP contribution >= 0.6 is 0 Å². The summed E-state index contributed by atoms with van der Waals surface area (Å²) in [6, 6.07) is 0.431. The summed E-state index contributed by atoms with van der Waals surface area (Å²) in [5, 5.41) is 0. The van der Waals surface area contributed by atoms with E-state index < -0.39 is 0 Å². The lowest BCUT2D eigenvalue weighted by atomic mass is 10.1. The van der Waals surface area contributed by atoms with Gasteiger partial charge in [0.15, 0.2) is 0 Å². The summed E-state index contributed by atoms with van der Waals surface area (Å²) in [4.78, 5) is 0. The summed E-state index contributed by atoms with van der Waals surface area (Å²) < 4.78 is 4.96. The summed E-state index contributed by atoms with van der Waals surface area (Å²) in [6.07, 6.45) is 3.58. The van der Waals surface area contributed by atoms with Gasteiger partial charge in [0.1, 0.15) is 0 Å². The lowest BCUT2D eigenvalue weighted by Gasteiger charge is -2.09. The Morgan fingerprint density at radius 1 is 1.64 bits per heavy atom. The van der Waals surface area contributed by atoms with E-state index in [1.807, 2.05) is 0 Å². The topological polar surface area (TPSA) is 35.2 Å². The maximum absolute atomic E-state index is 5.95. The van der Waals surface area contributed by atoms with Crippen molar-refractivity contribution >= 4 is 0 Å². The van der Waals surface area contributed by atoms with Crippen LogP contribution in [0.25, 0.3) is 0 Å². The minimum Gasteiger partial charge on any atom is -0.385 e. The molecule has 0 aliphatic heterocycles. The van der Waals surface area contributed by atoms with E-state index in [0.717, 1.165) is 31.3 Å². The lowest BCUT2D eigenvalue weighted by Crippen LogP contribution is -2.23. The standard InChI is InChI=1S/C9H19NO/c1-7-6-8(7)9(10)4-3-5-11-2/h7-9H,3-6,10H2,1-2H3. The van der Waals surface area contributed by atoms with Gasteiger partial charge in [0.2, 0.25) is 0 Å². The fraction of sp³-hybridized carbons (Fsp3) is 1.00. The molecule has 3 unspecified atom stereocenters. The summed E-state index contributed by atoms with van der Waals surface area (Å²) in [5.41, 5.74) is 5.95. The molecule has 1 saturated carbocycles. The highest BCUT2D eigenvalue weighted by atomic mass is 16.5. The molecule has 66 valence electrons. The second-order valence-electron chi connectivity index (χ2n) is 3.68. The van der Waals surface area contributed by atoms with Gasteiger partial charge < -0.3 is 10.5 Å². The molecule has 0 aromatic carbocycles. The van der Waals surface area contributed by atoms with Crippen molar-refractivity contribution in [3.05, 3.63) is 0 Å². The van der Waals surface area contributed by atoms with E-state index in [9.17, 15) is 0 Å². The molecular weight excluding hydrogens is 138 g/mol. The van der Waals surface area contributed by atoms with E-state index in [0.29, 0.717) is 6.04 Å². The van der Waals surface area contributed by atoms with Crippen LogP contribution in [0.1, 0.15) is 26.2 Å². The van der Waals surface area contributed by atoms with Gasteiger partial charge in [-0.3, -0.25) is 0 Å². The minimum atomic E-state index is 0.431. The molecule has 0 radical (unpaired) electrons. The third-order valence-electron chi connectivity index (χ3n) is 2.61. The van der Waals surface area contributed by atoms with Crippen molar-refractivity contribution in [1.82, 2.24) is 0 Å². The van der Waals surface area contributed by atoms with E-state index >= 15 is 0 Å². The van der Waals surface area contributed by atoms with Gasteiger partial charge in [0, 0.05) is 19.8 Å². The average Bonchev–Trinajstić information content (AvgIpc) is 2.67. The van der Waals surface area contributed by atoms with Crippen LogP contribution in [0.15, 0.2) is 0 Å². The highest BCUT2D eigenvalue weighted by Crippen LogP contribution is 2.40. The third kappa shape index (κ3) is 2.80. The maximum atomic E-state index is 5.95. The van der Waals surface area contributed by atoms with Crippen molar-refractivity contribution in [1.29, 1.82) is 0 Å². The summed E-state index contributed by atoms with van der Waals surface area (Å²) in [5.74, 6) is 1.69. The van der Waals surface area contributed by atoms with Crippen molar-refractivity contribution in [3.63, 3.8) is 0 Å². The van der Waals surface area contributed by atoms with Crippen LogP contribution in [0, 0.1) is 11.8 Å². The van der Waals surface area contributed by atoms with Crippen LogP contribution < -0.4 is 5.73 Å². The Hall–Kier alpha value is -0.0800. The first-order chi connectivity index (χ1) is 5.25. The van der Waals surface area contributed by atoms with E-state index in [4.69, 9.17) is 10.5 Å². The Morgan fingerprint density at radius 2 is 2.27 bits per heavy atom. The van der Waals surface area contributed by atoms with Gasteiger partial charge in [-0.15, -0.1) is 0 Å². The van der Waals surface area contributed by atoms with Crippen LogP contribution in [-0.2, 0) is 4.74 Å². The molecule has 2 nitrogen and oxygen atoms in total. The SMILES string of the molecule is COCCCC(N)C1CC1C. The Morgan fingerprint density at radius 3 is 2.73 bits per heavy atom. The van der Waals surface area contributed by atoms with E-state index in [2.05, 4.69) is 6.92 Å². The lowest BCUT2D eigenvalue weighted by molar-refractivity contribution is 0.189. The second kappa shape index (κ2) is 4.07. The zero-order chi connectivity index (χ0) is 8.27. The number of hydrogen-bond acceptors (Lipinski definition) is 2. The molecule has 2 heteroatoms. The molecule has 0 aromatic heterocycles. The van der Waals surface area contributed by atoms with Crippen molar-refractivity contribution in [2.24, 2.45) is 17.6 Å². The highest BCUT2D eigenvalue weighted by Gasteiger charge is 2.36. The Bertz CT molecular complexity index is 116. The molecule has 1 rings (SSSR count). The third-order valence-corrected chi connectivity index (χ3v) is 2.61. The van der Waals surface area contributed by atoms with Gasteiger partial charge in [0.05, 0.1) is 0 Å². The first-order valence-corrected chi connectivity index (χ1v) is 4.50.